The topological polar surface area (TPSA) is 60.8 Å². The average molecular weight is 313 g/mol. The first-order valence-corrected chi connectivity index (χ1v) is 8.26. The van der Waals surface area contributed by atoms with Gasteiger partial charge in [0.25, 0.3) is 0 Å². The van der Waals surface area contributed by atoms with E-state index < -0.39 is 5.97 Å². The first-order chi connectivity index (χ1) is 11.1. The van der Waals surface area contributed by atoms with Crippen LogP contribution in [0.5, 0.6) is 5.75 Å². The van der Waals surface area contributed by atoms with Crippen molar-refractivity contribution in [3.63, 3.8) is 0 Å². The highest BCUT2D eigenvalue weighted by Gasteiger charge is 2.31. The predicted octanol–water partition coefficient (Wildman–Crippen LogP) is 3.62. The molecule has 4 nitrogen and oxygen atoms in total. The van der Waals surface area contributed by atoms with Crippen molar-refractivity contribution in [2.24, 2.45) is 5.92 Å². The normalized spacial score (nSPS) is 22.3. The molecular weight excluding hydrogens is 290 g/mol. The van der Waals surface area contributed by atoms with Gasteiger partial charge >= 0.3 is 5.97 Å². The van der Waals surface area contributed by atoms with Crippen LogP contribution in [0.3, 0.4) is 0 Å². The van der Waals surface area contributed by atoms with Crippen LogP contribution >= 0.6 is 0 Å². The van der Waals surface area contributed by atoms with Crippen LogP contribution in [-0.2, 0) is 11.3 Å². The fourth-order valence-corrected chi connectivity index (χ4v) is 3.65. The molecule has 0 amide bonds. The summed E-state index contributed by atoms with van der Waals surface area (Å²) in [6, 6.07) is 12.0. The van der Waals surface area contributed by atoms with Crippen molar-refractivity contribution in [3.8, 4) is 5.75 Å². The van der Waals surface area contributed by atoms with Gasteiger partial charge in [-0.2, -0.15) is 0 Å². The minimum Gasteiger partial charge on any atom is -0.508 e. The van der Waals surface area contributed by atoms with Gasteiger partial charge in [0.1, 0.15) is 5.75 Å². The summed E-state index contributed by atoms with van der Waals surface area (Å²) in [7, 11) is 0. The zero-order chi connectivity index (χ0) is 16.4. The lowest BCUT2D eigenvalue weighted by molar-refractivity contribution is -0.144. The third-order valence-electron chi connectivity index (χ3n) is 5.04. The zero-order valence-electron chi connectivity index (χ0n) is 13.4. The number of aliphatic carboxylic acids is 1. The first kappa shape index (κ1) is 15.8. The monoisotopic (exact) mass is 313 g/mol. The van der Waals surface area contributed by atoms with Gasteiger partial charge in [0.2, 0.25) is 0 Å². The summed E-state index contributed by atoms with van der Waals surface area (Å²) in [5, 5.41) is 21.8. The van der Waals surface area contributed by atoms with Crippen LogP contribution in [0.2, 0.25) is 0 Å². The summed E-state index contributed by atoms with van der Waals surface area (Å²) in [6.07, 6.45) is 2.30. The van der Waals surface area contributed by atoms with Crippen LogP contribution in [0.4, 0.5) is 0 Å². The van der Waals surface area contributed by atoms with Crippen molar-refractivity contribution in [2.45, 2.75) is 38.8 Å². The molecule has 122 valence electrons. The molecule has 2 aromatic rings. The molecule has 3 rings (SSSR count). The van der Waals surface area contributed by atoms with Crippen LogP contribution in [0, 0.1) is 5.92 Å². The lowest BCUT2D eigenvalue weighted by Gasteiger charge is -2.38. The summed E-state index contributed by atoms with van der Waals surface area (Å²) in [5.74, 6) is -0.604. The molecule has 2 aromatic carbocycles. The second-order valence-electron chi connectivity index (χ2n) is 6.38. The van der Waals surface area contributed by atoms with E-state index in [1.54, 1.807) is 6.07 Å². The van der Waals surface area contributed by atoms with Gasteiger partial charge in [-0.15, -0.1) is 0 Å². The highest BCUT2D eigenvalue weighted by Crippen LogP contribution is 2.32. The number of benzene rings is 2. The predicted molar refractivity (Wildman–Crippen MR) is 90.5 cm³/mol. The highest BCUT2D eigenvalue weighted by atomic mass is 16.4. The first-order valence-electron chi connectivity index (χ1n) is 8.26. The standard InChI is InChI=1S/C19H23NO3/c1-2-15-11-14(19(22)23)9-10-20(15)12-17-16-6-4-3-5-13(16)7-8-18(17)21/h3-8,14-15,21H,2,9-12H2,1H3,(H,22,23). The van der Waals surface area contributed by atoms with Gasteiger partial charge in [-0.3, -0.25) is 9.69 Å². The van der Waals surface area contributed by atoms with E-state index in [0.29, 0.717) is 25.1 Å². The molecule has 1 aliphatic rings. The van der Waals surface area contributed by atoms with Gasteiger partial charge in [-0.1, -0.05) is 37.3 Å². The summed E-state index contributed by atoms with van der Waals surface area (Å²) < 4.78 is 0. The van der Waals surface area contributed by atoms with Crippen LogP contribution < -0.4 is 0 Å². The Morgan fingerprint density at radius 3 is 2.78 bits per heavy atom. The molecule has 0 aromatic heterocycles. The van der Waals surface area contributed by atoms with E-state index in [9.17, 15) is 15.0 Å². The molecule has 0 saturated carbocycles. The Morgan fingerprint density at radius 2 is 2.04 bits per heavy atom. The van der Waals surface area contributed by atoms with Gasteiger partial charge in [-0.05, 0) is 42.6 Å². The van der Waals surface area contributed by atoms with Gasteiger partial charge < -0.3 is 10.2 Å². The van der Waals surface area contributed by atoms with E-state index in [2.05, 4.69) is 11.8 Å². The summed E-state index contributed by atoms with van der Waals surface area (Å²) in [5.41, 5.74) is 0.940. The van der Waals surface area contributed by atoms with E-state index in [1.165, 1.54) is 0 Å². The van der Waals surface area contributed by atoms with E-state index in [1.807, 2.05) is 30.3 Å². The molecule has 2 atom stereocenters. The van der Waals surface area contributed by atoms with E-state index >= 15 is 0 Å². The number of fused-ring (bicyclic) bond motifs is 1. The zero-order valence-corrected chi connectivity index (χ0v) is 13.4. The maximum absolute atomic E-state index is 11.3. The Morgan fingerprint density at radius 1 is 1.26 bits per heavy atom. The van der Waals surface area contributed by atoms with Crippen LogP contribution in [0.25, 0.3) is 10.8 Å². The number of nitrogens with zero attached hydrogens (tertiary/aromatic N) is 1. The molecule has 0 aliphatic carbocycles. The number of carbonyl (C=O) groups is 1. The molecule has 2 N–H and O–H groups in total. The van der Waals surface area contributed by atoms with Gasteiger partial charge in [-0.25, -0.2) is 0 Å². The largest absolute Gasteiger partial charge is 0.508 e. The molecule has 1 saturated heterocycles. The van der Waals surface area contributed by atoms with Gasteiger partial charge in [0.05, 0.1) is 5.92 Å². The molecular formula is C19H23NO3. The molecule has 4 heteroatoms. The van der Waals surface area contributed by atoms with Crippen LogP contribution in [0.15, 0.2) is 36.4 Å². The minimum absolute atomic E-state index is 0.239. The summed E-state index contributed by atoms with van der Waals surface area (Å²) in [4.78, 5) is 13.6. The van der Waals surface area contributed by atoms with Crippen molar-refractivity contribution in [1.29, 1.82) is 0 Å². The lowest BCUT2D eigenvalue weighted by atomic mass is 9.89. The maximum Gasteiger partial charge on any atom is 0.306 e. The van der Waals surface area contributed by atoms with Crippen LogP contribution in [0.1, 0.15) is 31.7 Å². The molecule has 1 aliphatic heterocycles. The van der Waals surface area contributed by atoms with E-state index in [0.717, 1.165) is 29.3 Å². The number of carboxylic acid groups (broad SMARTS) is 1. The van der Waals surface area contributed by atoms with Crippen molar-refractivity contribution in [2.75, 3.05) is 6.54 Å². The molecule has 23 heavy (non-hydrogen) atoms. The van der Waals surface area contributed by atoms with Crippen molar-refractivity contribution < 1.29 is 15.0 Å². The SMILES string of the molecule is CCC1CC(C(=O)O)CCN1Cc1c(O)ccc2ccccc12. The number of rotatable bonds is 4. The summed E-state index contributed by atoms with van der Waals surface area (Å²) >= 11 is 0. The number of hydrogen-bond donors (Lipinski definition) is 2. The molecule has 0 bridgehead atoms. The number of phenols is 1. The smallest absolute Gasteiger partial charge is 0.306 e. The molecule has 1 fully saturated rings. The van der Waals surface area contributed by atoms with E-state index in [4.69, 9.17) is 0 Å². The van der Waals surface area contributed by atoms with Crippen molar-refractivity contribution >= 4 is 16.7 Å². The number of piperidine rings is 1. The number of hydrogen-bond acceptors (Lipinski definition) is 3. The van der Waals surface area contributed by atoms with Crippen molar-refractivity contribution in [3.05, 3.63) is 42.0 Å². The number of phenolic OH excluding ortho intramolecular Hbond substituents is 1. The third kappa shape index (κ3) is 3.17. The fraction of sp³-hybridized carbons (Fsp3) is 0.421. The highest BCUT2D eigenvalue weighted by molar-refractivity contribution is 5.87. The molecule has 2 unspecified atom stereocenters. The number of likely N-dealkylation sites (tertiary alicyclic amines) is 1. The second-order valence-corrected chi connectivity index (χ2v) is 6.38. The average Bonchev–Trinajstić information content (AvgIpc) is 2.57. The Kier molecular flexibility index (Phi) is 4.53. The lowest BCUT2D eigenvalue weighted by Crippen LogP contribution is -2.43. The number of aromatic hydroxyl groups is 1. The maximum atomic E-state index is 11.3. The quantitative estimate of drug-likeness (QED) is 0.905. The Hall–Kier alpha value is -2.07. The van der Waals surface area contributed by atoms with Gasteiger partial charge in [0, 0.05) is 18.2 Å². The van der Waals surface area contributed by atoms with Crippen molar-refractivity contribution in [1.82, 2.24) is 4.90 Å². The Balaban J connectivity index is 1.87. The molecule has 0 spiro atoms. The van der Waals surface area contributed by atoms with Crippen LogP contribution in [-0.4, -0.2) is 33.7 Å². The Labute approximate surface area is 136 Å². The minimum atomic E-state index is -0.684. The summed E-state index contributed by atoms with van der Waals surface area (Å²) in [6.45, 7) is 3.53. The van der Waals surface area contributed by atoms with Gasteiger partial charge in [0.15, 0.2) is 0 Å². The molecule has 0 radical (unpaired) electrons. The molecule has 1 heterocycles. The fourth-order valence-electron chi connectivity index (χ4n) is 3.65. The third-order valence-corrected chi connectivity index (χ3v) is 5.04. The number of carboxylic acids is 1. The van der Waals surface area contributed by atoms with E-state index in [-0.39, 0.29) is 12.0 Å². The second kappa shape index (κ2) is 6.59. The Bertz CT molecular complexity index is 713.